The van der Waals surface area contributed by atoms with Crippen molar-refractivity contribution < 1.29 is 5.11 Å². The molecule has 4 heteroatoms. The van der Waals surface area contributed by atoms with Crippen LogP contribution in [0.3, 0.4) is 0 Å². The normalized spacial score (nSPS) is 12.6. The molecule has 1 aromatic heterocycles. The number of rotatable bonds is 8. The first-order chi connectivity index (χ1) is 7.86. The van der Waals surface area contributed by atoms with Crippen LogP contribution < -0.4 is 5.32 Å². The second-order valence-corrected chi connectivity index (χ2v) is 4.75. The minimum atomic E-state index is 0.211. The molecule has 2 N–H and O–H groups in total. The van der Waals surface area contributed by atoms with E-state index in [1.165, 1.54) is 0 Å². The lowest BCUT2D eigenvalue weighted by molar-refractivity contribution is 0.240. The summed E-state index contributed by atoms with van der Waals surface area (Å²) in [6.07, 6.45) is 3.88. The molecule has 1 atom stereocenters. The molecule has 1 rings (SSSR count). The lowest BCUT2D eigenvalue weighted by Crippen LogP contribution is -2.33. The van der Waals surface area contributed by atoms with Crippen LogP contribution in [0.15, 0.2) is 29.4 Å². The van der Waals surface area contributed by atoms with Gasteiger partial charge in [-0.2, -0.15) is 0 Å². The van der Waals surface area contributed by atoms with Crippen molar-refractivity contribution in [1.29, 1.82) is 0 Å². The van der Waals surface area contributed by atoms with E-state index in [-0.39, 0.29) is 12.6 Å². The van der Waals surface area contributed by atoms with E-state index in [4.69, 9.17) is 5.11 Å². The van der Waals surface area contributed by atoms with Crippen LogP contribution in [0.4, 0.5) is 0 Å². The molecule has 0 fully saturated rings. The minimum Gasteiger partial charge on any atom is -0.395 e. The van der Waals surface area contributed by atoms with E-state index in [1.54, 1.807) is 18.0 Å². The molecule has 0 aliphatic carbocycles. The van der Waals surface area contributed by atoms with Crippen LogP contribution in [0.25, 0.3) is 0 Å². The maximum atomic E-state index is 9.16. The molecular weight excluding hydrogens is 220 g/mol. The Morgan fingerprint density at radius 3 is 3.00 bits per heavy atom. The molecule has 1 heterocycles. The van der Waals surface area contributed by atoms with Crippen LogP contribution in [-0.4, -0.2) is 35.0 Å². The van der Waals surface area contributed by atoms with Crippen LogP contribution in [0.5, 0.6) is 0 Å². The molecule has 0 aliphatic rings. The largest absolute Gasteiger partial charge is 0.395 e. The van der Waals surface area contributed by atoms with Gasteiger partial charge in [0.1, 0.15) is 0 Å². The van der Waals surface area contributed by atoms with Gasteiger partial charge in [-0.25, -0.2) is 4.98 Å². The third kappa shape index (κ3) is 5.49. The fourth-order valence-corrected chi connectivity index (χ4v) is 2.27. The molecule has 0 spiro atoms. The van der Waals surface area contributed by atoms with Gasteiger partial charge in [-0.05, 0) is 31.5 Å². The molecule has 1 aromatic rings. The summed E-state index contributed by atoms with van der Waals surface area (Å²) in [6, 6.07) is 6.14. The zero-order valence-electron chi connectivity index (χ0n) is 9.72. The van der Waals surface area contributed by atoms with Crippen molar-refractivity contribution in [3.05, 3.63) is 24.4 Å². The van der Waals surface area contributed by atoms with E-state index in [9.17, 15) is 0 Å². The van der Waals surface area contributed by atoms with Crippen molar-refractivity contribution in [3.8, 4) is 0 Å². The zero-order chi connectivity index (χ0) is 11.6. The van der Waals surface area contributed by atoms with Gasteiger partial charge in [-0.1, -0.05) is 13.0 Å². The summed E-state index contributed by atoms with van der Waals surface area (Å²) >= 11 is 1.74. The first-order valence-electron chi connectivity index (χ1n) is 5.75. The number of aliphatic hydroxyl groups excluding tert-OH is 1. The van der Waals surface area contributed by atoms with Gasteiger partial charge in [0, 0.05) is 18.0 Å². The fraction of sp³-hybridized carbons (Fsp3) is 0.583. The highest BCUT2D eigenvalue weighted by Gasteiger charge is 2.05. The average molecular weight is 240 g/mol. The lowest BCUT2D eigenvalue weighted by Gasteiger charge is -2.14. The highest BCUT2D eigenvalue weighted by Crippen LogP contribution is 2.15. The molecule has 0 bridgehead atoms. The first kappa shape index (κ1) is 13.5. The van der Waals surface area contributed by atoms with Gasteiger partial charge in [0.15, 0.2) is 0 Å². The molecule has 1 unspecified atom stereocenters. The summed E-state index contributed by atoms with van der Waals surface area (Å²) in [5.74, 6) is 0.985. The fourth-order valence-electron chi connectivity index (χ4n) is 1.34. The number of pyridine rings is 1. The average Bonchev–Trinajstić information content (AvgIpc) is 2.35. The SMILES string of the molecule is CCCNC(CO)CCSc1ccccn1. The van der Waals surface area contributed by atoms with Crippen LogP contribution in [-0.2, 0) is 0 Å². The summed E-state index contributed by atoms with van der Waals surface area (Å²) in [7, 11) is 0. The molecule has 0 aromatic carbocycles. The van der Waals surface area contributed by atoms with Gasteiger partial charge >= 0.3 is 0 Å². The molecule has 90 valence electrons. The van der Waals surface area contributed by atoms with Crippen LogP contribution >= 0.6 is 11.8 Å². The maximum absolute atomic E-state index is 9.16. The molecule has 16 heavy (non-hydrogen) atoms. The standard InChI is InChI=1S/C12H20N2OS/c1-2-7-13-11(10-15)6-9-16-12-5-3-4-8-14-12/h3-5,8,11,13,15H,2,6-7,9-10H2,1H3. The van der Waals surface area contributed by atoms with E-state index in [0.717, 1.165) is 30.2 Å². The Hall–Kier alpha value is -0.580. The Bertz CT molecular complexity index is 269. The van der Waals surface area contributed by atoms with Crippen LogP contribution in [0.2, 0.25) is 0 Å². The third-order valence-electron chi connectivity index (χ3n) is 2.26. The zero-order valence-corrected chi connectivity index (χ0v) is 10.5. The Kier molecular flexibility index (Phi) is 7.21. The predicted octanol–water partition coefficient (Wildman–Crippen LogP) is 1.92. The van der Waals surface area contributed by atoms with Gasteiger partial charge in [0.05, 0.1) is 11.6 Å². The summed E-state index contributed by atoms with van der Waals surface area (Å²) in [5.41, 5.74) is 0. The third-order valence-corrected chi connectivity index (χ3v) is 3.23. The number of nitrogens with zero attached hydrogens (tertiary/aromatic N) is 1. The Labute approximate surface area is 102 Å². The van der Waals surface area contributed by atoms with Crippen LogP contribution in [0.1, 0.15) is 19.8 Å². The molecular formula is C12H20N2OS. The van der Waals surface area contributed by atoms with Crippen molar-refractivity contribution in [3.63, 3.8) is 0 Å². The predicted molar refractivity (Wildman–Crippen MR) is 68.7 cm³/mol. The summed E-state index contributed by atoms with van der Waals surface area (Å²) in [4.78, 5) is 4.24. The summed E-state index contributed by atoms with van der Waals surface area (Å²) in [5, 5.41) is 13.5. The van der Waals surface area contributed by atoms with Crippen molar-refractivity contribution >= 4 is 11.8 Å². The monoisotopic (exact) mass is 240 g/mol. The Balaban J connectivity index is 2.18. The molecule has 0 radical (unpaired) electrons. The van der Waals surface area contributed by atoms with E-state index < -0.39 is 0 Å². The molecule has 3 nitrogen and oxygen atoms in total. The Morgan fingerprint density at radius 2 is 2.38 bits per heavy atom. The number of thioether (sulfide) groups is 1. The van der Waals surface area contributed by atoms with Gasteiger partial charge in [0.25, 0.3) is 0 Å². The number of aliphatic hydroxyl groups is 1. The lowest BCUT2D eigenvalue weighted by atomic mass is 10.2. The highest BCUT2D eigenvalue weighted by atomic mass is 32.2. The molecule has 0 saturated heterocycles. The van der Waals surface area contributed by atoms with E-state index in [2.05, 4.69) is 17.2 Å². The number of hydrogen-bond donors (Lipinski definition) is 2. The smallest absolute Gasteiger partial charge is 0.0959 e. The van der Waals surface area contributed by atoms with Crippen molar-refractivity contribution in [2.45, 2.75) is 30.8 Å². The van der Waals surface area contributed by atoms with Gasteiger partial charge in [0.2, 0.25) is 0 Å². The van der Waals surface area contributed by atoms with E-state index >= 15 is 0 Å². The maximum Gasteiger partial charge on any atom is 0.0959 e. The Morgan fingerprint density at radius 1 is 1.50 bits per heavy atom. The number of aromatic nitrogens is 1. The van der Waals surface area contributed by atoms with Crippen molar-refractivity contribution in [1.82, 2.24) is 10.3 Å². The first-order valence-corrected chi connectivity index (χ1v) is 6.73. The van der Waals surface area contributed by atoms with Gasteiger partial charge in [-0.3, -0.25) is 0 Å². The summed E-state index contributed by atoms with van der Waals surface area (Å²) < 4.78 is 0. The molecule has 0 amide bonds. The van der Waals surface area contributed by atoms with E-state index in [0.29, 0.717) is 0 Å². The second kappa shape index (κ2) is 8.56. The minimum absolute atomic E-state index is 0.211. The van der Waals surface area contributed by atoms with Crippen LogP contribution in [0, 0.1) is 0 Å². The number of hydrogen-bond acceptors (Lipinski definition) is 4. The van der Waals surface area contributed by atoms with Gasteiger partial charge < -0.3 is 10.4 Å². The molecule has 0 aliphatic heterocycles. The van der Waals surface area contributed by atoms with E-state index in [1.807, 2.05) is 18.2 Å². The van der Waals surface area contributed by atoms with Crippen molar-refractivity contribution in [2.24, 2.45) is 0 Å². The van der Waals surface area contributed by atoms with Gasteiger partial charge in [-0.15, -0.1) is 11.8 Å². The highest BCUT2D eigenvalue weighted by molar-refractivity contribution is 7.99. The topological polar surface area (TPSA) is 45.1 Å². The second-order valence-electron chi connectivity index (χ2n) is 3.64. The number of nitrogens with one attached hydrogen (secondary N) is 1. The summed E-state index contributed by atoms with van der Waals surface area (Å²) in [6.45, 7) is 3.31. The quantitative estimate of drug-likeness (QED) is 0.682. The van der Waals surface area contributed by atoms with Crippen molar-refractivity contribution in [2.75, 3.05) is 18.9 Å². The molecule has 0 saturated carbocycles.